The molecule has 1 aliphatic heterocycles. The summed E-state index contributed by atoms with van der Waals surface area (Å²) in [5.41, 5.74) is 7.00. The van der Waals surface area contributed by atoms with Crippen molar-refractivity contribution in [3.05, 3.63) is 29.8 Å². The van der Waals surface area contributed by atoms with E-state index in [0.717, 1.165) is 18.2 Å². The first-order valence-electron chi connectivity index (χ1n) is 7.19. The predicted octanol–water partition coefficient (Wildman–Crippen LogP) is 2.59. The fourth-order valence-electron chi connectivity index (χ4n) is 2.81. The van der Waals surface area contributed by atoms with E-state index in [0.29, 0.717) is 5.92 Å². The van der Waals surface area contributed by atoms with Crippen molar-refractivity contribution >= 4 is 0 Å². The molecule has 3 atom stereocenters. The number of hydrogen-bond donors (Lipinski definition) is 1. The summed E-state index contributed by atoms with van der Waals surface area (Å²) in [6, 6.07) is 2.99. The maximum atomic E-state index is 12.8. The van der Waals surface area contributed by atoms with E-state index in [1.54, 1.807) is 6.07 Å². The summed E-state index contributed by atoms with van der Waals surface area (Å²) < 4.78 is 12.8. The molecule has 2 N–H and O–H groups in total. The highest BCUT2D eigenvalue weighted by Gasteiger charge is 2.25. The summed E-state index contributed by atoms with van der Waals surface area (Å²) in [4.78, 5) is 6.57. The predicted molar refractivity (Wildman–Crippen MR) is 75.1 cm³/mol. The van der Waals surface area contributed by atoms with Crippen LogP contribution in [0.5, 0.6) is 0 Å². The molecule has 106 valence electrons. The van der Waals surface area contributed by atoms with Gasteiger partial charge < -0.3 is 10.6 Å². The smallest absolute Gasteiger partial charge is 0.141 e. The molecule has 1 fully saturated rings. The summed E-state index contributed by atoms with van der Waals surface area (Å²) in [6.45, 7) is 7.76. The van der Waals surface area contributed by atoms with Crippen LogP contribution in [0.15, 0.2) is 18.3 Å². The van der Waals surface area contributed by atoms with Crippen molar-refractivity contribution in [2.75, 3.05) is 19.6 Å². The Morgan fingerprint density at radius 3 is 2.89 bits per heavy atom. The Kier molecular flexibility index (Phi) is 4.88. The SMILES string of the molecule is CCC1CCN(CC(C)C(N)c2ccc(F)cn2)C1. The number of halogens is 1. The van der Waals surface area contributed by atoms with Crippen LogP contribution in [0.25, 0.3) is 0 Å². The Balaban J connectivity index is 1.89. The summed E-state index contributed by atoms with van der Waals surface area (Å²) in [5, 5.41) is 0. The second-order valence-corrected chi connectivity index (χ2v) is 5.73. The van der Waals surface area contributed by atoms with E-state index < -0.39 is 0 Å². The zero-order valence-corrected chi connectivity index (χ0v) is 11.8. The van der Waals surface area contributed by atoms with E-state index in [9.17, 15) is 4.39 Å². The standard InChI is InChI=1S/C15H24FN3/c1-3-12-6-7-19(10-12)9-11(2)15(17)14-5-4-13(16)8-18-14/h4-5,8,11-12,15H,3,6-7,9-10,17H2,1-2H3. The summed E-state index contributed by atoms with van der Waals surface area (Å²) in [6.07, 6.45) is 3.80. The van der Waals surface area contributed by atoms with Crippen LogP contribution >= 0.6 is 0 Å². The van der Waals surface area contributed by atoms with Gasteiger partial charge in [0.1, 0.15) is 5.82 Å². The molecule has 2 rings (SSSR count). The lowest BCUT2D eigenvalue weighted by molar-refractivity contribution is 0.255. The van der Waals surface area contributed by atoms with Crippen LogP contribution in [0.3, 0.4) is 0 Å². The fraction of sp³-hybridized carbons (Fsp3) is 0.667. The van der Waals surface area contributed by atoms with Gasteiger partial charge in [-0.05, 0) is 36.9 Å². The molecule has 4 heteroatoms. The van der Waals surface area contributed by atoms with Crippen molar-refractivity contribution in [2.24, 2.45) is 17.6 Å². The van der Waals surface area contributed by atoms with Crippen LogP contribution in [0.2, 0.25) is 0 Å². The summed E-state index contributed by atoms with van der Waals surface area (Å²) in [5.74, 6) is 0.856. The molecule has 19 heavy (non-hydrogen) atoms. The molecule has 0 radical (unpaired) electrons. The molecule has 0 bridgehead atoms. The van der Waals surface area contributed by atoms with Crippen molar-refractivity contribution in [1.29, 1.82) is 0 Å². The van der Waals surface area contributed by atoms with E-state index >= 15 is 0 Å². The van der Waals surface area contributed by atoms with E-state index in [1.165, 1.54) is 38.2 Å². The molecule has 3 unspecified atom stereocenters. The highest BCUT2D eigenvalue weighted by Crippen LogP contribution is 2.23. The Labute approximate surface area is 115 Å². The molecule has 2 heterocycles. The number of rotatable bonds is 5. The fourth-order valence-corrected chi connectivity index (χ4v) is 2.81. The zero-order chi connectivity index (χ0) is 13.8. The Morgan fingerprint density at radius 1 is 1.53 bits per heavy atom. The number of pyridine rings is 1. The van der Waals surface area contributed by atoms with Crippen molar-refractivity contribution in [1.82, 2.24) is 9.88 Å². The van der Waals surface area contributed by atoms with Gasteiger partial charge in [-0.15, -0.1) is 0 Å². The molecule has 0 aliphatic carbocycles. The third-order valence-corrected chi connectivity index (χ3v) is 4.20. The van der Waals surface area contributed by atoms with Gasteiger partial charge in [-0.2, -0.15) is 0 Å². The third kappa shape index (κ3) is 3.74. The number of hydrogen-bond acceptors (Lipinski definition) is 3. The quantitative estimate of drug-likeness (QED) is 0.889. The molecule has 3 nitrogen and oxygen atoms in total. The lowest BCUT2D eigenvalue weighted by Crippen LogP contribution is -2.32. The van der Waals surface area contributed by atoms with Crippen molar-refractivity contribution in [3.8, 4) is 0 Å². The molecule has 0 aromatic carbocycles. The lowest BCUT2D eigenvalue weighted by Gasteiger charge is -2.25. The molecular weight excluding hydrogens is 241 g/mol. The van der Waals surface area contributed by atoms with Crippen LogP contribution in [0.4, 0.5) is 4.39 Å². The maximum absolute atomic E-state index is 12.8. The van der Waals surface area contributed by atoms with Crippen LogP contribution in [-0.4, -0.2) is 29.5 Å². The third-order valence-electron chi connectivity index (χ3n) is 4.20. The van der Waals surface area contributed by atoms with Crippen LogP contribution in [0, 0.1) is 17.7 Å². The Bertz CT molecular complexity index is 393. The van der Waals surface area contributed by atoms with Gasteiger partial charge in [-0.3, -0.25) is 4.98 Å². The van der Waals surface area contributed by atoms with Crippen LogP contribution < -0.4 is 5.73 Å². The number of nitrogens with zero attached hydrogens (tertiary/aromatic N) is 2. The molecule has 0 amide bonds. The average molecular weight is 265 g/mol. The van der Waals surface area contributed by atoms with Gasteiger partial charge in [0.15, 0.2) is 0 Å². The summed E-state index contributed by atoms with van der Waals surface area (Å²) >= 11 is 0. The number of aromatic nitrogens is 1. The van der Waals surface area contributed by atoms with Crippen molar-refractivity contribution in [2.45, 2.75) is 32.7 Å². The molecule has 0 spiro atoms. The minimum atomic E-state index is -0.311. The Morgan fingerprint density at radius 2 is 2.32 bits per heavy atom. The van der Waals surface area contributed by atoms with E-state index in [1.807, 2.05) is 0 Å². The monoisotopic (exact) mass is 265 g/mol. The van der Waals surface area contributed by atoms with Gasteiger partial charge >= 0.3 is 0 Å². The van der Waals surface area contributed by atoms with Crippen LogP contribution in [-0.2, 0) is 0 Å². The largest absolute Gasteiger partial charge is 0.322 e. The van der Waals surface area contributed by atoms with Gasteiger partial charge in [-0.25, -0.2) is 4.39 Å². The minimum absolute atomic E-state index is 0.124. The molecular formula is C15H24FN3. The number of likely N-dealkylation sites (tertiary alicyclic amines) is 1. The van der Waals surface area contributed by atoms with E-state index in [4.69, 9.17) is 5.73 Å². The van der Waals surface area contributed by atoms with Crippen molar-refractivity contribution < 1.29 is 4.39 Å². The highest BCUT2D eigenvalue weighted by molar-refractivity contribution is 5.10. The highest BCUT2D eigenvalue weighted by atomic mass is 19.1. The van der Waals surface area contributed by atoms with Gasteiger partial charge in [0.05, 0.1) is 17.9 Å². The first-order chi connectivity index (χ1) is 9.10. The topological polar surface area (TPSA) is 42.1 Å². The van der Waals surface area contributed by atoms with Gasteiger partial charge in [0.25, 0.3) is 0 Å². The van der Waals surface area contributed by atoms with Crippen LogP contribution in [0.1, 0.15) is 38.4 Å². The minimum Gasteiger partial charge on any atom is -0.322 e. The average Bonchev–Trinajstić information content (AvgIpc) is 2.86. The molecule has 1 aromatic heterocycles. The van der Waals surface area contributed by atoms with Gasteiger partial charge in [0.2, 0.25) is 0 Å². The zero-order valence-electron chi connectivity index (χ0n) is 11.8. The maximum Gasteiger partial charge on any atom is 0.141 e. The van der Waals surface area contributed by atoms with E-state index in [-0.39, 0.29) is 11.9 Å². The lowest BCUT2D eigenvalue weighted by atomic mass is 9.98. The molecule has 0 saturated carbocycles. The second kappa shape index (κ2) is 6.44. The first-order valence-corrected chi connectivity index (χ1v) is 7.19. The van der Waals surface area contributed by atoms with Gasteiger partial charge in [0, 0.05) is 13.1 Å². The molecule has 1 aromatic rings. The van der Waals surface area contributed by atoms with Gasteiger partial charge in [-0.1, -0.05) is 20.3 Å². The summed E-state index contributed by atoms with van der Waals surface area (Å²) in [7, 11) is 0. The van der Waals surface area contributed by atoms with E-state index in [2.05, 4.69) is 23.7 Å². The Hall–Kier alpha value is -1.00. The molecule has 1 aliphatic rings. The van der Waals surface area contributed by atoms with Crippen molar-refractivity contribution in [3.63, 3.8) is 0 Å². The first kappa shape index (κ1) is 14.4. The normalized spacial score (nSPS) is 23.5. The number of nitrogens with two attached hydrogens (primary N) is 1. The molecule has 1 saturated heterocycles. The second-order valence-electron chi connectivity index (χ2n) is 5.73.